The largest absolute Gasteiger partial charge is 0.355 e. The summed E-state index contributed by atoms with van der Waals surface area (Å²) in [6.45, 7) is 4.65. The lowest BCUT2D eigenvalue weighted by Crippen LogP contribution is -2.36. The molecule has 2 aromatic rings. The zero-order valence-electron chi connectivity index (χ0n) is 15.8. The van der Waals surface area contributed by atoms with E-state index in [1.807, 2.05) is 24.3 Å². The van der Waals surface area contributed by atoms with Gasteiger partial charge in [0, 0.05) is 23.4 Å². The fourth-order valence-electron chi connectivity index (χ4n) is 2.62. The standard InChI is InChI=1S/C20H25ClN2O3S/c1-20(2,16-7-9-17(21)10-8-16)14-23-19(24)13-6-15-4-11-18(12-5-15)27(25,26)22-3/h4-5,7-12,22H,6,13-14H2,1-3H3,(H,23,24). The van der Waals surface area contributed by atoms with E-state index >= 15 is 0 Å². The van der Waals surface area contributed by atoms with E-state index in [0.29, 0.717) is 24.4 Å². The van der Waals surface area contributed by atoms with Gasteiger partial charge < -0.3 is 5.32 Å². The Morgan fingerprint density at radius 1 is 1.04 bits per heavy atom. The van der Waals surface area contributed by atoms with Gasteiger partial charge in [-0.05, 0) is 48.9 Å². The maximum absolute atomic E-state index is 12.2. The number of sulfonamides is 1. The van der Waals surface area contributed by atoms with E-state index < -0.39 is 10.0 Å². The Balaban J connectivity index is 1.86. The first-order valence-electron chi connectivity index (χ1n) is 8.69. The minimum Gasteiger partial charge on any atom is -0.355 e. The molecular weight excluding hydrogens is 384 g/mol. The summed E-state index contributed by atoms with van der Waals surface area (Å²) in [5.41, 5.74) is 1.81. The zero-order chi connectivity index (χ0) is 20.1. The maximum Gasteiger partial charge on any atom is 0.240 e. The summed E-state index contributed by atoms with van der Waals surface area (Å²) in [7, 11) is -2.06. The topological polar surface area (TPSA) is 75.3 Å². The van der Waals surface area contributed by atoms with Crippen LogP contribution in [0.1, 0.15) is 31.4 Å². The monoisotopic (exact) mass is 408 g/mol. The summed E-state index contributed by atoms with van der Waals surface area (Å²) < 4.78 is 25.7. The highest BCUT2D eigenvalue weighted by Gasteiger charge is 2.21. The molecule has 0 aliphatic rings. The third-order valence-electron chi connectivity index (χ3n) is 4.50. The van der Waals surface area contributed by atoms with Crippen molar-refractivity contribution in [2.45, 2.75) is 37.0 Å². The van der Waals surface area contributed by atoms with Gasteiger partial charge in [0.05, 0.1) is 4.90 Å². The number of nitrogens with one attached hydrogen (secondary N) is 2. The van der Waals surface area contributed by atoms with Crippen LogP contribution in [0.2, 0.25) is 5.02 Å². The van der Waals surface area contributed by atoms with Gasteiger partial charge in [-0.25, -0.2) is 13.1 Å². The van der Waals surface area contributed by atoms with Gasteiger partial charge in [-0.3, -0.25) is 4.79 Å². The Morgan fingerprint density at radius 3 is 2.19 bits per heavy atom. The molecule has 0 unspecified atom stereocenters. The summed E-state index contributed by atoms with van der Waals surface area (Å²) in [6.07, 6.45) is 0.891. The van der Waals surface area contributed by atoms with Gasteiger partial charge >= 0.3 is 0 Å². The summed E-state index contributed by atoms with van der Waals surface area (Å²) in [6, 6.07) is 14.2. The lowest BCUT2D eigenvalue weighted by Gasteiger charge is -2.25. The van der Waals surface area contributed by atoms with Crippen LogP contribution < -0.4 is 10.0 Å². The molecule has 146 valence electrons. The Labute approximate surface area is 166 Å². The quantitative estimate of drug-likeness (QED) is 0.703. The summed E-state index contributed by atoms with van der Waals surface area (Å²) in [4.78, 5) is 12.4. The molecular formula is C20H25ClN2O3S. The lowest BCUT2D eigenvalue weighted by atomic mass is 9.84. The van der Waals surface area contributed by atoms with Crippen LogP contribution in [0.5, 0.6) is 0 Å². The second kappa shape index (κ2) is 8.87. The fourth-order valence-corrected chi connectivity index (χ4v) is 3.48. The molecule has 0 aliphatic carbocycles. The molecule has 0 saturated heterocycles. The van der Waals surface area contributed by atoms with E-state index in [4.69, 9.17) is 11.6 Å². The molecule has 0 saturated carbocycles. The minimum absolute atomic E-state index is 0.0380. The molecule has 0 bridgehead atoms. The van der Waals surface area contributed by atoms with Crippen LogP contribution in [0.4, 0.5) is 0 Å². The molecule has 0 aliphatic heterocycles. The van der Waals surface area contributed by atoms with Gasteiger partial charge in [-0.15, -0.1) is 0 Å². The number of carbonyl (C=O) groups is 1. The van der Waals surface area contributed by atoms with Crippen molar-refractivity contribution in [1.29, 1.82) is 0 Å². The van der Waals surface area contributed by atoms with E-state index in [0.717, 1.165) is 11.1 Å². The van der Waals surface area contributed by atoms with Crippen molar-refractivity contribution in [3.05, 3.63) is 64.7 Å². The van der Waals surface area contributed by atoms with Crippen molar-refractivity contribution in [2.75, 3.05) is 13.6 Å². The van der Waals surface area contributed by atoms with Gasteiger partial charge in [0.25, 0.3) is 0 Å². The van der Waals surface area contributed by atoms with Gasteiger partial charge in [-0.1, -0.05) is 49.7 Å². The highest BCUT2D eigenvalue weighted by atomic mass is 35.5. The Kier molecular flexibility index (Phi) is 7.03. The minimum atomic E-state index is -3.44. The first-order valence-corrected chi connectivity index (χ1v) is 10.6. The fraction of sp³-hybridized carbons (Fsp3) is 0.350. The number of aryl methyl sites for hydroxylation is 1. The van der Waals surface area contributed by atoms with Gasteiger partial charge in [-0.2, -0.15) is 0 Å². The lowest BCUT2D eigenvalue weighted by molar-refractivity contribution is -0.121. The van der Waals surface area contributed by atoms with E-state index in [1.165, 1.54) is 7.05 Å². The van der Waals surface area contributed by atoms with Crippen molar-refractivity contribution in [1.82, 2.24) is 10.0 Å². The maximum atomic E-state index is 12.2. The molecule has 0 spiro atoms. The van der Waals surface area contributed by atoms with Crippen molar-refractivity contribution < 1.29 is 13.2 Å². The van der Waals surface area contributed by atoms with Crippen molar-refractivity contribution >= 4 is 27.5 Å². The molecule has 0 atom stereocenters. The Bertz CT molecular complexity index is 876. The summed E-state index contributed by atoms with van der Waals surface area (Å²) in [5.74, 6) is -0.0380. The number of carbonyl (C=O) groups excluding carboxylic acids is 1. The average Bonchev–Trinajstić information content (AvgIpc) is 2.65. The normalized spacial score (nSPS) is 12.0. The zero-order valence-corrected chi connectivity index (χ0v) is 17.3. The SMILES string of the molecule is CNS(=O)(=O)c1ccc(CCC(=O)NCC(C)(C)c2ccc(Cl)cc2)cc1. The number of rotatable bonds is 8. The van der Waals surface area contributed by atoms with Crippen molar-refractivity contribution in [3.8, 4) is 0 Å². The van der Waals surface area contributed by atoms with Crippen LogP contribution in [0.15, 0.2) is 53.4 Å². The summed E-state index contributed by atoms with van der Waals surface area (Å²) >= 11 is 5.93. The second-order valence-corrected chi connectivity index (χ2v) is 9.34. The first-order chi connectivity index (χ1) is 12.6. The van der Waals surface area contributed by atoms with Gasteiger partial charge in [0.15, 0.2) is 0 Å². The van der Waals surface area contributed by atoms with Crippen molar-refractivity contribution in [2.24, 2.45) is 0 Å². The van der Waals surface area contributed by atoms with E-state index in [-0.39, 0.29) is 16.2 Å². The van der Waals surface area contributed by atoms with E-state index in [1.54, 1.807) is 24.3 Å². The molecule has 5 nitrogen and oxygen atoms in total. The summed E-state index contributed by atoms with van der Waals surface area (Å²) in [5, 5.41) is 3.66. The first kappa shape index (κ1) is 21.4. The van der Waals surface area contributed by atoms with Crippen LogP contribution in [0.25, 0.3) is 0 Å². The Morgan fingerprint density at radius 2 is 1.63 bits per heavy atom. The van der Waals surface area contributed by atoms with Gasteiger partial charge in [0.1, 0.15) is 0 Å². The average molecular weight is 409 g/mol. The van der Waals surface area contributed by atoms with Crippen LogP contribution in [0.3, 0.4) is 0 Å². The number of hydrogen-bond acceptors (Lipinski definition) is 3. The molecule has 0 aromatic heterocycles. The Hall–Kier alpha value is -1.89. The second-order valence-electron chi connectivity index (χ2n) is 7.02. The van der Waals surface area contributed by atoms with Crippen LogP contribution in [-0.4, -0.2) is 27.9 Å². The van der Waals surface area contributed by atoms with Crippen LogP contribution in [0, 0.1) is 0 Å². The molecule has 0 radical (unpaired) electrons. The smallest absolute Gasteiger partial charge is 0.240 e. The molecule has 2 aromatic carbocycles. The van der Waals surface area contributed by atoms with Crippen molar-refractivity contribution in [3.63, 3.8) is 0 Å². The third kappa shape index (κ3) is 6.06. The van der Waals surface area contributed by atoms with Crippen LogP contribution >= 0.6 is 11.6 Å². The van der Waals surface area contributed by atoms with Crippen LogP contribution in [-0.2, 0) is 26.7 Å². The number of halogens is 1. The van der Waals surface area contributed by atoms with Gasteiger partial charge in [0.2, 0.25) is 15.9 Å². The molecule has 1 amide bonds. The number of benzene rings is 2. The number of hydrogen-bond donors (Lipinski definition) is 2. The predicted molar refractivity (Wildman–Crippen MR) is 108 cm³/mol. The van der Waals surface area contributed by atoms with E-state index in [2.05, 4.69) is 23.9 Å². The molecule has 2 N–H and O–H groups in total. The third-order valence-corrected chi connectivity index (χ3v) is 6.18. The molecule has 2 rings (SSSR count). The predicted octanol–water partition coefficient (Wildman–Crippen LogP) is 3.27. The molecule has 7 heteroatoms. The molecule has 0 fully saturated rings. The highest BCUT2D eigenvalue weighted by molar-refractivity contribution is 7.89. The highest BCUT2D eigenvalue weighted by Crippen LogP contribution is 2.24. The van der Waals surface area contributed by atoms with E-state index in [9.17, 15) is 13.2 Å². The number of amides is 1. The molecule has 0 heterocycles. The molecule has 27 heavy (non-hydrogen) atoms.